The number of nitrogens with zero attached hydrogens (tertiary/aromatic N) is 1. The van der Waals surface area contributed by atoms with Crippen molar-refractivity contribution in [3.63, 3.8) is 0 Å². The number of anilines is 1. The van der Waals surface area contributed by atoms with Gasteiger partial charge in [-0.2, -0.15) is 0 Å². The molecule has 4 rings (SSSR count). The van der Waals surface area contributed by atoms with E-state index < -0.39 is 23.8 Å². The zero-order valence-electron chi connectivity index (χ0n) is 21.4. The molecule has 1 fully saturated rings. The fourth-order valence-corrected chi connectivity index (χ4v) is 5.76. The number of hydrogen-bond donors (Lipinski definition) is 3. The molecule has 0 amide bonds. The van der Waals surface area contributed by atoms with E-state index in [1.165, 1.54) is 41.0 Å². The zero-order chi connectivity index (χ0) is 25.8. The number of aliphatic hydroxyl groups is 1. The van der Waals surface area contributed by atoms with Gasteiger partial charge in [0.05, 0.1) is 12.1 Å². The Bertz CT molecular complexity index is 1100. The molecule has 1 aliphatic rings. The molecule has 3 N–H and O–H groups in total. The first-order valence-electron chi connectivity index (χ1n) is 12.8. The number of rotatable bonds is 9. The number of benzene rings is 2. The van der Waals surface area contributed by atoms with Gasteiger partial charge in [0.25, 0.3) is 0 Å². The van der Waals surface area contributed by atoms with Crippen LogP contribution in [0.4, 0.5) is 13.9 Å². The molecule has 2 unspecified atom stereocenters. The van der Waals surface area contributed by atoms with E-state index in [9.17, 15) is 13.9 Å². The van der Waals surface area contributed by atoms with Gasteiger partial charge >= 0.3 is 0 Å². The molecule has 0 saturated heterocycles. The number of aromatic nitrogens is 1. The minimum Gasteiger partial charge on any atom is -0.390 e. The van der Waals surface area contributed by atoms with Crippen LogP contribution in [0.25, 0.3) is 0 Å². The third-order valence-electron chi connectivity index (χ3n) is 7.22. The van der Waals surface area contributed by atoms with Gasteiger partial charge in [-0.15, -0.1) is 11.3 Å². The van der Waals surface area contributed by atoms with Crippen LogP contribution in [0.1, 0.15) is 69.6 Å². The predicted octanol–water partition coefficient (Wildman–Crippen LogP) is 6.55. The van der Waals surface area contributed by atoms with Gasteiger partial charge < -0.3 is 15.7 Å². The van der Waals surface area contributed by atoms with Gasteiger partial charge in [0.1, 0.15) is 11.6 Å². The molecule has 1 heterocycles. The summed E-state index contributed by atoms with van der Waals surface area (Å²) in [4.78, 5) is 4.29. The Morgan fingerprint density at radius 1 is 1.06 bits per heavy atom. The molecule has 2 atom stereocenters. The molecule has 36 heavy (non-hydrogen) atoms. The molecule has 3 aromatic rings. The summed E-state index contributed by atoms with van der Waals surface area (Å²) in [5.41, 5.74) is 2.89. The number of aliphatic hydroxyl groups excluding tert-OH is 1. The van der Waals surface area contributed by atoms with Crippen molar-refractivity contribution in [2.45, 2.75) is 82.4 Å². The van der Waals surface area contributed by atoms with E-state index in [0.29, 0.717) is 17.2 Å². The average molecular weight is 514 g/mol. The van der Waals surface area contributed by atoms with E-state index >= 15 is 0 Å². The zero-order valence-corrected chi connectivity index (χ0v) is 22.2. The highest BCUT2D eigenvalue weighted by atomic mass is 32.1. The van der Waals surface area contributed by atoms with Crippen LogP contribution in [-0.4, -0.2) is 28.8 Å². The van der Waals surface area contributed by atoms with Crippen molar-refractivity contribution in [3.8, 4) is 0 Å². The second-order valence-corrected chi connectivity index (χ2v) is 11.9. The molecule has 0 bridgehead atoms. The summed E-state index contributed by atoms with van der Waals surface area (Å²) in [6.45, 7) is 7.02. The van der Waals surface area contributed by atoms with Crippen LogP contribution >= 0.6 is 11.3 Å². The van der Waals surface area contributed by atoms with Gasteiger partial charge in [0.15, 0.2) is 5.13 Å². The standard InChI is InChI=1S/C29H37F2N3OS/c1-28(2,3)21-8-7-9-22(17-21)29(10-5-4-6-11-29)33-19-26(35)25(34-27-32-12-13-36-27)16-20-14-23(30)18-24(31)15-20/h7-9,12-15,17-18,25-26,33,35H,4-6,10-11,16,19H2,1-3H3,(H,32,34). The summed E-state index contributed by atoms with van der Waals surface area (Å²) < 4.78 is 27.7. The minimum absolute atomic E-state index is 0.0499. The predicted molar refractivity (Wildman–Crippen MR) is 144 cm³/mol. The van der Waals surface area contributed by atoms with Crippen molar-refractivity contribution in [1.82, 2.24) is 10.3 Å². The normalized spacial score (nSPS) is 17.5. The van der Waals surface area contributed by atoms with Gasteiger partial charge in [0.2, 0.25) is 0 Å². The monoisotopic (exact) mass is 513 g/mol. The van der Waals surface area contributed by atoms with Crippen LogP contribution in [0.5, 0.6) is 0 Å². The fraction of sp³-hybridized carbons (Fsp3) is 0.483. The first-order valence-corrected chi connectivity index (χ1v) is 13.7. The molecule has 7 heteroatoms. The summed E-state index contributed by atoms with van der Waals surface area (Å²) in [5, 5.41) is 20.9. The molecule has 0 aliphatic heterocycles. The third kappa shape index (κ3) is 6.69. The van der Waals surface area contributed by atoms with Crippen LogP contribution < -0.4 is 10.6 Å². The van der Waals surface area contributed by atoms with E-state index in [1.54, 1.807) is 6.20 Å². The quantitative estimate of drug-likeness (QED) is 0.304. The smallest absolute Gasteiger partial charge is 0.182 e. The number of halogens is 2. The lowest BCUT2D eigenvalue weighted by Crippen LogP contribution is -2.50. The Labute approximate surface area is 217 Å². The molecule has 1 aliphatic carbocycles. The molecular formula is C29H37F2N3OS. The molecule has 4 nitrogen and oxygen atoms in total. The SMILES string of the molecule is CC(C)(C)c1cccc(C2(NCC(O)C(Cc3cc(F)cc(F)c3)Nc3nccs3)CCCCC2)c1. The molecule has 194 valence electrons. The van der Waals surface area contributed by atoms with Gasteiger partial charge in [-0.3, -0.25) is 0 Å². The topological polar surface area (TPSA) is 57.2 Å². The lowest BCUT2D eigenvalue weighted by Gasteiger charge is -2.41. The average Bonchev–Trinajstić information content (AvgIpc) is 3.35. The highest BCUT2D eigenvalue weighted by Crippen LogP contribution is 2.38. The summed E-state index contributed by atoms with van der Waals surface area (Å²) in [6.07, 6.45) is 6.65. The first kappa shape index (κ1) is 26.7. The largest absolute Gasteiger partial charge is 0.390 e. The third-order valence-corrected chi connectivity index (χ3v) is 7.93. The van der Waals surface area contributed by atoms with E-state index in [1.807, 2.05) is 5.38 Å². The van der Waals surface area contributed by atoms with Crippen molar-refractivity contribution in [2.24, 2.45) is 0 Å². The van der Waals surface area contributed by atoms with Crippen molar-refractivity contribution < 1.29 is 13.9 Å². The number of hydrogen-bond acceptors (Lipinski definition) is 5. The fourth-order valence-electron chi connectivity index (χ4n) is 5.17. The highest BCUT2D eigenvalue weighted by molar-refractivity contribution is 7.13. The first-order chi connectivity index (χ1) is 17.1. The van der Waals surface area contributed by atoms with Gasteiger partial charge in [0, 0.05) is 29.7 Å². The van der Waals surface area contributed by atoms with E-state index in [0.717, 1.165) is 31.7 Å². The van der Waals surface area contributed by atoms with Crippen LogP contribution in [0.15, 0.2) is 54.0 Å². The summed E-state index contributed by atoms with van der Waals surface area (Å²) >= 11 is 1.43. The van der Waals surface area contributed by atoms with E-state index in [-0.39, 0.29) is 17.4 Å². The lowest BCUT2D eigenvalue weighted by molar-refractivity contribution is 0.122. The van der Waals surface area contributed by atoms with Crippen LogP contribution in [0.3, 0.4) is 0 Å². The van der Waals surface area contributed by atoms with Crippen molar-refractivity contribution in [3.05, 3.63) is 82.4 Å². The second-order valence-electron chi connectivity index (χ2n) is 11.0. The molecule has 0 spiro atoms. The lowest BCUT2D eigenvalue weighted by atomic mass is 9.74. The second kappa shape index (κ2) is 11.4. The van der Waals surface area contributed by atoms with Crippen LogP contribution in [-0.2, 0) is 17.4 Å². The van der Waals surface area contributed by atoms with Gasteiger partial charge in [-0.05, 0) is 53.5 Å². The molecule has 2 aromatic carbocycles. The Morgan fingerprint density at radius 3 is 2.42 bits per heavy atom. The Kier molecular flexibility index (Phi) is 8.43. The Morgan fingerprint density at radius 2 is 1.78 bits per heavy atom. The Hall–Kier alpha value is -2.35. The van der Waals surface area contributed by atoms with E-state index in [2.05, 4.69) is 60.7 Å². The van der Waals surface area contributed by atoms with E-state index in [4.69, 9.17) is 0 Å². The van der Waals surface area contributed by atoms with Crippen LogP contribution in [0, 0.1) is 11.6 Å². The molecule has 0 radical (unpaired) electrons. The molecule has 1 aromatic heterocycles. The van der Waals surface area contributed by atoms with Crippen LogP contribution in [0.2, 0.25) is 0 Å². The number of thiazole rings is 1. The maximum Gasteiger partial charge on any atom is 0.182 e. The van der Waals surface area contributed by atoms with Gasteiger partial charge in [-0.25, -0.2) is 13.8 Å². The van der Waals surface area contributed by atoms with Crippen molar-refractivity contribution >= 4 is 16.5 Å². The minimum atomic E-state index is -0.801. The van der Waals surface area contributed by atoms with Crippen molar-refractivity contribution in [2.75, 3.05) is 11.9 Å². The maximum absolute atomic E-state index is 13.9. The molecular weight excluding hydrogens is 476 g/mol. The van der Waals surface area contributed by atoms with Gasteiger partial charge in [-0.1, -0.05) is 64.3 Å². The van der Waals surface area contributed by atoms with Crippen molar-refractivity contribution in [1.29, 1.82) is 0 Å². The highest BCUT2D eigenvalue weighted by Gasteiger charge is 2.35. The molecule has 1 saturated carbocycles. The summed E-state index contributed by atoms with van der Waals surface area (Å²) in [6, 6.07) is 11.9. The Balaban J connectivity index is 1.55. The summed E-state index contributed by atoms with van der Waals surface area (Å²) in [5.74, 6) is -1.24. The maximum atomic E-state index is 13.9. The number of nitrogens with one attached hydrogen (secondary N) is 2. The summed E-state index contributed by atoms with van der Waals surface area (Å²) in [7, 11) is 0.